The minimum atomic E-state index is -3.45. The fourth-order valence-electron chi connectivity index (χ4n) is 0.840. The van der Waals surface area contributed by atoms with E-state index in [1.54, 1.807) is 0 Å². The van der Waals surface area contributed by atoms with Crippen molar-refractivity contribution >= 4 is 13.4 Å². The van der Waals surface area contributed by atoms with Gasteiger partial charge in [0.05, 0.1) is 0 Å². The summed E-state index contributed by atoms with van der Waals surface area (Å²) in [4.78, 5) is 11.2. The average molecular weight is 238 g/mol. The van der Waals surface area contributed by atoms with Gasteiger partial charge in [-0.3, -0.25) is 9.36 Å². The highest BCUT2D eigenvalue weighted by Crippen LogP contribution is 2.46. The lowest BCUT2D eigenvalue weighted by molar-refractivity contribution is -0.114. The largest absolute Gasteiger partial charge is 0.337 e. The van der Waals surface area contributed by atoms with Gasteiger partial charge in [-0.15, -0.1) is 0 Å². The maximum absolute atomic E-state index is 13.1. The molecule has 88 valence electrons. The Bertz CT molecular complexity index is 280. The van der Waals surface area contributed by atoms with E-state index in [1.807, 2.05) is 6.92 Å². The third kappa shape index (κ3) is 5.21. The zero-order valence-corrected chi connectivity index (χ0v) is 10.1. The number of unbranched alkanes of at least 4 members (excludes halogenated alkanes) is 1. The Morgan fingerprint density at radius 2 is 1.93 bits per heavy atom. The number of Topliss-reactive ketones (excluding diaryl/α,β-unsaturated/α-hetero) is 1. The summed E-state index contributed by atoms with van der Waals surface area (Å²) in [5.41, 5.74) is 0. The van der Waals surface area contributed by atoms with Gasteiger partial charge in [-0.1, -0.05) is 13.3 Å². The lowest BCUT2D eigenvalue weighted by Crippen LogP contribution is -2.08. The molecular weight excluding hydrogens is 222 g/mol. The Kier molecular flexibility index (Phi) is 6.65. The number of ketones is 1. The number of hydrogen-bond acceptors (Lipinski definition) is 4. The first kappa shape index (κ1) is 14.5. The zero-order chi connectivity index (χ0) is 11.9. The molecule has 0 unspecified atom stereocenters. The summed E-state index contributed by atoms with van der Waals surface area (Å²) >= 11 is 0. The summed E-state index contributed by atoms with van der Waals surface area (Å²) in [6, 6.07) is 0. The van der Waals surface area contributed by atoms with Crippen molar-refractivity contribution in [2.75, 3.05) is 20.4 Å². The normalized spacial score (nSPS) is 12.9. The van der Waals surface area contributed by atoms with Gasteiger partial charge in [-0.25, -0.2) is 4.39 Å². The first-order valence-corrected chi connectivity index (χ1v) is 6.31. The minimum Gasteiger partial charge on any atom is -0.312 e. The Morgan fingerprint density at radius 3 is 2.33 bits per heavy atom. The van der Waals surface area contributed by atoms with E-state index in [4.69, 9.17) is 0 Å². The molecule has 0 aliphatic carbocycles. The molecule has 6 heteroatoms. The number of carbonyl (C=O) groups excluding carboxylic acids is 1. The molecule has 15 heavy (non-hydrogen) atoms. The van der Waals surface area contributed by atoms with Gasteiger partial charge < -0.3 is 9.05 Å². The molecule has 0 rings (SSSR count). The molecule has 0 spiro atoms. The minimum absolute atomic E-state index is 0.474. The fourth-order valence-corrected chi connectivity index (χ4v) is 1.75. The lowest BCUT2D eigenvalue weighted by atomic mass is 10.2. The third-order valence-corrected chi connectivity index (χ3v) is 3.56. The highest BCUT2D eigenvalue weighted by atomic mass is 31.2. The van der Waals surface area contributed by atoms with Crippen LogP contribution < -0.4 is 0 Å². The van der Waals surface area contributed by atoms with E-state index in [0.717, 1.165) is 20.6 Å². The highest BCUT2D eigenvalue weighted by Gasteiger charge is 2.27. The molecule has 0 saturated heterocycles. The van der Waals surface area contributed by atoms with Gasteiger partial charge in [-0.2, -0.15) is 0 Å². The number of carbonyl (C=O) groups is 1. The van der Waals surface area contributed by atoms with Gasteiger partial charge in [0.25, 0.3) is 0 Å². The van der Waals surface area contributed by atoms with Crippen LogP contribution in [0, 0.1) is 0 Å². The van der Waals surface area contributed by atoms with E-state index in [2.05, 4.69) is 9.05 Å². The summed E-state index contributed by atoms with van der Waals surface area (Å²) in [6.07, 6.45) is 1.83. The van der Waals surface area contributed by atoms with Crippen LogP contribution in [0.3, 0.4) is 0 Å². The molecule has 0 heterocycles. The molecule has 0 N–H and O–H groups in total. The van der Waals surface area contributed by atoms with Crippen LogP contribution >= 0.6 is 7.60 Å². The van der Waals surface area contributed by atoms with E-state index in [9.17, 15) is 13.8 Å². The van der Waals surface area contributed by atoms with Crippen molar-refractivity contribution in [2.24, 2.45) is 0 Å². The third-order valence-electron chi connectivity index (χ3n) is 1.77. The molecule has 0 aromatic carbocycles. The molecule has 4 nitrogen and oxygen atoms in total. The van der Waals surface area contributed by atoms with Crippen molar-refractivity contribution in [2.45, 2.75) is 19.8 Å². The van der Waals surface area contributed by atoms with Gasteiger partial charge in [0.15, 0.2) is 5.83 Å². The average Bonchev–Trinajstić information content (AvgIpc) is 2.25. The Labute approximate surface area is 89.0 Å². The van der Waals surface area contributed by atoms with Gasteiger partial charge in [0.1, 0.15) is 6.16 Å². The summed E-state index contributed by atoms with van der Waals surface area (Å²) in [5, 5.41) is 0. The second kappa shape index (κ2) is 6.88. The zero-order valence-electron chi connectivity index (χ0n) is 9.16. The fraction of sp³-hybridized carbons (Fsp3) is 0.667. The smallest absolute Gasteiger partial charge is 0.312 e. The summed E-state index contributed by atoms with van der Waals surface area (Å²) < 4.78 is 33.6. The summed E-state index contributed by atoms with van der Waals surface area (Å²) in [6.45, 7) is 1.86. The molecule has 0 bridgehead atoms. The van der Waals surface area contributed by atoms with Crippen LogP contribution in [-0.4, -0.2) is 26.2 Å². The van der Waals surface area contributed by atoms with Crippen molar-refractivity contribution in [1.82, 2.24) is 0 Å². The molecule has 0 radical (unpaired) electrons. The van der Waals surface area contributed by atoms with Crippen LogP contribution in [0.1, 0.15) is 19.8 Å². The molecule has 0 amide bonds. The van der Waals surface area contributed by atoms with E-state index in [1.165, 1.54) is 6.08 Å². The van der Waals surface area contributed by atoms with Crippen molar-refractivity contribution in [3.05, 3.63) is 11.9 Å². The Balaban J connectivity index is 4.42. The predicted molar refractivity (Wildman–Crippen MR) is 55.6 cm³/mol. The second-order valence-electron chi connectivity index (χ2n) is 2.90. The van der Waals surface area contributed by atoms with Gasteiger partial charge in [0, 0.05) is 14.2 Å². The topological polar surface area (TPSA) is 52.6 Å². The Hall–Kier alpha value is -0.510. The van der Waals surface area contributed by atoms with Gasteiger partial charge in [0.2, 0.25) is 5.78 Å². The SMILES string of the molecule is CCC/C=C(/F)C(=O)CP(=O)(OC)OC. The quantitative estimate of drug-likeness (QED) is 0.505. The van der Waals surface area contributed by atoms with E-state index in [-0.39, 0.29) is 0 Å². The maximum atomic E-state index is 13.1. The van der Waals surface area contributed by atoms with E-state index in [0.29, 0.717) is 6.42 Å². The number of rotatable bonds is 7. The van der Waals surface area contributed by atoms with Gasteiger partial charge >= 0.3 is 7.60 Å². The van der Waals surface area contributed by atoms with Crippen LogP contribution in [0.4, 0.5) is 4.39 Å². The molecule has 0 aliphatic heterocycles. The first-order valence-electron chi connectivity index (χ1n) is 4.58. The molecule has 0 atom stereocenters. The van der Waals surface area contributed by atoms with Crippen LogP contribution in [0.15, 0.2) is 11.9 Å². The number of allylic oxidation sites excluding steroid dienone is 2. The standard InChI is InChI=1S/C9H16FO4P/c1-4-5-6-8(10)9(11)7-15(12,13-2)14-3/h6H,4-5,7H2,1-3H3/b8-6+. The summed E-state index contributed by atoms with van der Waals surface area (Å²) in [7, 11) is -1.14. The molecule has 0 fully saturated rings. The van der Waals surface area contributed by atoms with Gasteiger partial charge in [-0.05, 0) is 12.5 Å². The van der Waals surface area contributed by atoms with Crippen molar-refractivity contribution in [1.29, 1.82) is 0 Å². The Morgan fingerprint density at radius 1 is 1.40 bits per heavy atom. The van der Waals surface area contributed by atoms with Crippen LogP contribution in [-0.2, 0) is 18.4 Å². The lowest BCUT2D eigenvalue weighted by Gasteiger charge is -2.11. The van der Waals surface area contributed by atoms with E-state index >= 15 is 0 Å². The maximum Gasteiger partial charge on any atom is 0.337 e. The van der Waals surface area contributed by atoms with Crippen molar-refractivity contribution in [3.8, 4) is 0 Å². The highest BCUT2D eigenvalue weighted by molar-refractivity contribution is 7.54. The van der Waals surface area contributed by atoms with Crippen LogP contribution in [0.5, 0.6) is 0 Å². The summed E-state index contributed by atoms with van der Waals surface area (Å²) in [5.74, 6) is -1.73. The van der Waals surface area contributed by atoms with Crippen LogP contribution in [0.25, 0.3) is 0 Å². The first-order chi connectivity index (χ1) is 6.99. The monoisotopic (exact) mass is 238 g/mol. The second-order valence-corrected chi connectivity index (χ2v) is 5.17. The number of hydrogen-bond donors (Lipinski definition) is 0. The molecular formula is C9H16FO4P. The van der Waals surface area contributed by atoms with Crippen molar-refractivity contribution < 1.29 is 22.8 Å². The molecule has 0 aromatic heterocycles. The van der Waals surface area contributed by atoms with Crippen molar-refractivity contribution in [3.63, 3.8) is 0 Å². The van der Waals surface area contributed by atoms with E-state index < -0.39 is 25.4 Å². The molecule has 0 aromatic rings. The molecule has 0 saturated carbocycles. The predicted octanol–water partition coefficient (Wildman–Crippen LogP) is 2.69. The van der Waals surface area contributed by atoms with Crippen LogP contribution in [0.2, 0.25) is 0 Å². The number of halogens is 1. The molecule has 0 aliphatic rings.